The Morgan fingerprint density at radius 1 is 1.36 bits per heavy atom. The van der Waals surface area contributed by atoms with E-state index >= 15 is 0 Å². The number of alkyl halides is 2. The molecule has 14 heavy (non-hydrogen) atoms. The highest BCUT2D eigenvalue weighted by Crippen LogP contribution is 2.36. The van der Waals surface area contributed by atoms with Gasteiger partial charge in [-0.3, -0.25) is 4.79 Å². The molecule has 0 radical (unpaired) electrons. The summed E-state index contributed by atoms with van der Waals surface area (Å²) < 4.78 is 34.1. The van der Waals surface area contributed by atoms with Gasteiger partial charge in [0.15, 0.2) is 11.5 Å². The van der Waals surface area contributed by atoms with Crippen LogP contribution < -0.4 is 9.47 Å². The molecule has 0 saturated carbocycles. The molecule has 0 aliphatic carbocycles. The molecule has 3 nitrogen and oxygen atoms in total. The van der Waals surface area contributed by atoms with Crippen molar-refractivity contribution in [3.8, 4) is 11.5 Å². The molecule has 1 aliphatic rings. The lowest BCUT2D eigenvalue weighted by atomic mass is 10.1. The van der Waals surface area contributed by atoms with E-state index in [-0.39, 0.29) is 18.1 Å². The number of Topliss-reactive ketones (excluding diaryl/α,β-unsaturated/α-hetero) is 1. The quantitative estimate of drug-likeness (QED) is 0.683. The molecule has 0 atom stereocenters. The van der Waals surface area contributed by atoms with Crippen molar-refractivity contribution in [2.45, 2.75) is 6.43 Å². The molecule has 0 bridgehead atoms. The van der Waals surface area contributed by atoms with Crippen molar-refractivity contribution in [3.05, 3.63) is 23.8 Å². The van der Waals surface area contributed by atoms with Crippen LogP contribution in [0.2, 0.25) is 0 Å². The summed E-state index contributed by atoms with van der Waals surface area (Å²) in [5.74, 6) is -0.804. The molecular weight excluding hydrogens is 194 g/mol. The maximum Gasteiger partial charge on any atom is 0.300 e. The van der Waals surface area contributed by atoms with Crippen molar-refractivity contribution in [1.29, 1.82) is 0 Å². The van der Waals surface area contributed by atoms with Crippen LogP contribution in [0, 0.1) is 0 Å². The number of hydrogen-bond donors (Lipinski definition) is 0. The van der Waals surface area contributed by atoms with Crippen LogP contribution in [0.25, 0.3) is 0 Å². The Morgan fingerprint density at radius 2 is 2.14 bits per heavy atom. The number of ketones is 1. The zero-order chi connectivity index (χ0) is 10.1. The summed E-state index contributed by atoms with van der Waals surface area (Å²) in [7, 11) is 0. The fourth-order valence-corrected chi connectivity index (χ4v) is 1.24. The number of carbonyl (C=O) groups excluding carboxylic acids is 1. The van der Waals surface area contributed by atoms with Gasteiger partial charge < -0.3 is 9.47 Å². The van der Waals surface area contributed by atoms with Gasteiger partial charge in [0.05, 0.1) is 5.56 Å². The van der Waals surface area contributed by atoms with Gasteiger partial charge in [-0.15, -0.1) is 0 Å². The highest BCUT2D eigenvalue weighted by atomic mass is 19.3. The lowest BCUT2D eigenvalue weighted by Crippen LogP contribution is -2.10. The van der Waals surface area contributed by atoms with E-state index < -0.39 is 12.2 Å². The van der Waals surface area contributed by atoms with Gasteiger partial charge in [-0.2, -0.15) is 0 Å². The number of para-hydroxylation sites is 1. The van der Waals surface area contributed by atoms with Gasteiger partial charge in [0.25, 0.3) is 0 Å². The maximum atomic E-state index is 12.1. The number of hydrogen-bond acceptors (Lipinski definition) is 3. The lowest BCUT2D eigenvalue weighted by molar-refractivity contribution is 0.0674. The third-order valence-corrected chi connectivity index (χ3v) is 1.86. The van der Waals surface area contributed by atoms with Crippen LogP contribution in [0.4, 0.5) is 8.78 Å². The largest absolute Gasteiger partial charge is 0.454 e. The standard InChI is InChI=1S/C9H6F2O3/c10-9(11)7(12)5-2-1-3-6-8(5)14-4-13-6/h1-3,9H,4H2. The van der Waals surface area contributed by atoms with E-state index in [1.54, 1.807) is 6.07 Å². The van der Waals surface area contributed by atoms with Gasteiger partial charge in [-0.1, -0.05) is 6.07 Å². The first-order valence-electron chi connectivity index (χ1n) is 3.91. The Hall–Kier alpha value is -1.65. The minimum atomic E-state index is -3.02. The molecule has 0 aromatic heterocycles. The molecule has 1 aromatic rings. The predicted molar refractivity (Wildman–Crippen MR) is 42.9 cm³/mol. The molecule has 0 fully saturated rings. The van der Waals surface area contributed by atoms with E-state index in [1.165, 1.54) is 12.1 Å². The Labute approximate surface area is 78.2 Å². The van der Waals surface area contributed by atoms with Crippen LogP contribution in [0.5, 0.6) is 11.5 Å². The SMILES string of the molecule is O=C(c1cccc2c1OCO2)C(F)F. The second-order valence-electron chi connectivity index (χ2n) is 2.70. The zero-order valence-corrected chi connectivity index (χ0v) is 7.00. The van der Waals surface area contributed by atoms with Crippen molar-refractivity contribution in [2.75, 3.05) is 6.79 Å². The summed E-state index contributed by atoms with van der Waals surface area (Å²) in [6.45, 7) is -0.0388. The Bertz CT molecular complexity index is 376. The fourth-order valence-electron chi connectivity index (χ4n) is 1.24. The zero-order valence-electron chi connectivity index (χ0n) is 7.00. The second-order valence-corrected chi connectivity index (χ2v) is 2.70. The highest BCUT2D eigenvalue weighted by Gasteiger charge is 2.26. The van der Waals surface area contributed by atoms with Crippen LogP contribution in [0.3, 0.4) is 0 Å². The first kappa shape index (κ1) is 8.93. The molecule has 0 N–H and O–H groups in total. The first-order chi connectivity index (χ1) is 6.70. The predicted octanol–water partition coefficient (Wildman–Crippen LogP) is 1.86. The first-order valence-corrected chi connectivity index (χ1v) is 3.91. The monoisotopic (exact) mass is 200 g/mol. The minimum absolute atomic E-state index is 0.0388. The summed E-state index contributed by atoms with van der Waals surface area (Å²) in [4.78, 5) is 11.0. The van der Waals surface area contributed by atoms with Crippen LogP contribution >= 0.6 is 0 Å². The van der Waals surface area contributed by atoms with E-state index in [9.17, 15) is 13.6 Å². The summed E-state index contributed by atoms with van der Waals surface area (Å²) in [6, 6.07) is 4.33. The number of rotatable bonds is 2. The molecule has 5 heteroatoms. The number of ether oxygens (including phenoxy) is 2. The minimum Gasteiger partial charge on any atom is -0.454 e. The smallest absolute Gasteiger partial charge is 0.300 e. The summed E-state index contributed by atoms with van der Waals surface area (Å²) >= 11 is 0. The van der Waals surface area contributed by atoms with Crippen molar-refractivity contribution in [1.82, 2.24) is 0 Å². The Morgan fingerprint density at radius 3 is 2.86 bits per heavy atom. The topological polar surface area (TPSA) is 35.5 Å². The molecule has 2 rings (SSSR count). The van der Waals surface area contributed by atoms with E-state index in [4.69, 9.17) is 9.47 Å². The van der Waals surface area contributed by atoms with Gasteiger partial charge in [-0.25, -0.2) is 8.78 Å². The second kappa shape index (κ2) is 3.25. The van der Waals surface area contributed by atoms with E-state index in [2.05, 4.69) is 0 Å². The van der Waals surface area contributed by atoms with E-state index in [0.29, 0.717) is 5.75 Å². The van der Waals surface area contributed by atoms with Gasteiger partial charge >= 0.3 is 6.43 Å². The van der Waals surface area contributed by atoms with Gasteiger partial charge in [0.2, 0.25) is 12.6 Å². The fraction of sp³-hybridized carbons (Fsp3) is 0.222. The number of carbonyl (C=O) groups is 1. The third-order valence-electron chi connectivity index (χ3n) is 1.86. The molecule has 1 aliphatic heterocycles. The van der Waals surface area contributed by atoms with Gasteiger partial charge in [-0.05, 0) is 12.1 Å². The summed E-state index contributed by atoms with van der Waals surface area (Å²) in [5.41, 5.74) is -0.130. The third kappa shape index (κ3) is 1.30. The van der Waals surface area contributed by atoms with Crippen LogP contribution in [0.15, 0.2) is 18.2 Å². The molecule has 1 heterocycles. The number of halogens is 2. The average Bonchev–Trinajstić information content (AvgIpc) is 2.63. The van der Waals surface area contributed by atoms with E-state index in [0.717, 1.165) is 0 Å². The normalized spacial score (nSPS) is 13.4. The van der Waals surface area contributed by atoms with Crippen molar-refractivity contribution < 1.29 is 23.0 Å². The van der Waals surface area contributed by atoms with Crippen LogP contribution in [-0.2, 0) is 0 Å². The van der Waals surface area contributed by atoms with E-state index in [1.807, 2.05) is 0 Å². The van der Waals surface area contributed by atoms with Crippen molar-refractivity contribution in [3.63, 3.8) is 0 Å². The Balaban J connectivity index is 2.44. The molecule has 0 saturated heterocycles. The molecule has 0 amide bonds. The molecular formula is C9H6F2O3. The van der Waals surface area contributed by atoms with Crippen LogP contribution in [-0.4, -0.2) is 19.0 Å². The average molecular weight is 200 g/mol. The van der Waals surface area contributed by atoms with Crippen molar-refractivity contribution >= 4 is 5.78 Å². The highest BCUT2D eigenvalue weighted by molar-refractivity contribution is 6.01. The summed E-state index contributed by atoms with van der Waals surface area (Å²) in [5, 5.41) is 0. The van der Waals surface area contributed by atoms with Gasteiger partial charge in [0, 0.05) is 0 Å². The number of fused-ring (bicyclic) bond motifs is 1. The molecule has 74 valence electrons. The van der Waals surface area contributed by atoms with Crippen molar-refractivity contribution in [2.24, 2.45) is 0 Å². The maximum absolute atomic E-state index is 12.1. The molecule has 0 unspecified atom stereocenters. The van der Waals surface area contributed by atoms with Crippen LogP contribution in [0.1, 0.15) is 10.4 Å². The lowest BCUT2D eigenvalue weighted by Gasteiger charge is -2.03. The summed E-state index contributed by atoms with van der Waals surface area (Å²) in [6.07, 6.45) is -3.02. The number of benzene rings is 1. The van der Waals surface area contributed by atoms with Gasteiger partial charge in [0.1, 0.15) is 0 Å². The molecule has 0 spiro atoms. The Kier molecular flexibility index (Phi) is 2.07. The molecule has 1 aromatic carbocycles.